The molecule has 1 saturated heterocycles. The smallest absolute Gasteiger partial charge is 0.191 e. The number of rotatable bonds is 2. The van der Waals surface area contributed by atoms with Crippen LogP contribution in [0, 0.1) is 5.92 Å². The molecule has 0 aromatic rings. The number of aliphatic imine (C=N–C) groups is 1. The van der Waals surface area contributed by atoms with Gasteiger partial charge in [0.05, 0.1) is 0 Å². The third-order valence-electron chi connectivity index (χ3n) is 2.95. The molecular weight excluding hydrogens is 188 g/mol. The minimum Gasteiger partial charge on any atom is -0.370 e. The van der Waals surface area contributed by atoms with Crippen LogP contribution in [0.15, 0.2) is 4.99 Å². The summed E-state index contributed by atoms with van der Waals surface area (Å²) in [5.41, 5.74) is 5.96. The van der Waals surface area contributed by atoms with E-state index in [1.165, 1.54) is 0 Å². The lowest BCUT2D eigenvalue weighted by Gasteiger charge is -2.22. The van der Waals surface area contributed by atoms with Crippen molar-refractivity contribution in [3.63, 3.8) is 0 Å². The Labute approximate surface area is 93.1 Å². The average molecular weight is 212 g/mol. The normalized spacial score (nSPS) is 28.2. The first kappa shape index (κ1) is 12.3. The molecule has 4 nitrogen and oxygen atoms in total. The first-order valence-electron chi connectivity index (χ1n) is 5.66. The number of likely N-dealkylation sites (tertiary alicyclic amines) is 1. The molecule has 1 rings (SSSR count). The van der Waals surface area contributed by atoms with E-state index in [1.54, 1.807) is 0 Å². The maximum Gasteiger partial charge on any atom is 0.191 e. The zero-order valence-electron chi connectivity index (χ0n) is 10.6. The Hall–Kier alpha value is -0.770. The van der Waals surface area contributed by atoms with Crippen LogP contribution in [0.1, 0.15) is 20.8 Å². The van der Waals surface area contributed by atoms with Gasteiger partial charge in [-0.15, -0.1) is 0 Å². The van der Waals surface area contributed by atoms with Gasteiger partial charge in [0, 0.05) is 25.2 Å². The third kappa shape index (κ3) is 3.09. The van der Waals surface area contributed by atoms with Gasteiger partial charge in [0.15, 0.2) is 5.96 Å². The van der Waals surface area contributed by atoms with Crippen molar-refractivity contribution in [3.8, 4) is 0 Å². The van der Waals surface area contributed by atoms with Crippen LogP contribution >= 0.6 is 0 Å². The van der Waals surface area contributed by atoms with Crippen LogP contribution in [-0.4, -0.2) is 55.0 Å². The quantitative estimate of drug-likeness (QED) is 0.538. The van der Waals surface area contributed by atoms with Crippen molar-refractivity contribution >= 4 is 5.96 Å². The summed E-state index contributed by atoms with van der Waals surface area (Å²) in [4.78, 5) is 8.85. The van der Waals surface area contributed by atoms with Crippen LogP contribution in [0.25, 0.3) is 0 Å². The van der Waals surface area contributed by atoms with E-state index in [0.29, 0.717) is 17.9 Å². The second kappa shape index (κ2) is 4.84. The van der Waals surface area contributed by atoms with Gasteiger partial charge in [-0.1, -0.05) is 6.92 Å². The molecule has 88 valence electrons. The molecule has 2 unspecified atom stereocenters. The summed E-state index contributed by atoms with van der Waals surface area (Å²) < 4.78 is 0. The van der Waals surface area contributed by atoms with Crippen LogP contribution in [0.2, 0.25) is 0 Å². The van der Waals surface area contributed by atoms with Crippen LogP contribution in [-0.2, 0) is 0 Å². The van der Waals surface area contributed by atoms with Crippen molar-refractivity contribution in [3.05, 3.63) is 0 Å². The van der Waals surface area contributed by atoms with Gasteiger partial charge in [0.25, 0.3) is 0 Å². The van der Waals surface area contributed by atoms with Gasteiger partial charge in [0.2, 0.25) is 0 Å². The first-order valence-corrected chi connectivity index (χ1v) is 5.66. The molecule has 15 heavy (non-hydrogen) atoms. The van der Waals surface area contributed by atoms with Gasteiger partial charge in [-0.05, 0) is 33.9 Å². The van der Waals surface area contributed by atoms with E-state index in [9.17, 15) is 0 Å². The summed E-state index contributed by atoms with van der Waals surface area (Å²) >= 11 is 0. The van der Waals surface area contributed by atoms with Gasteiger partial charge < -0.3 is 15.5 Å². The van der Waals surface area contributed by atoms with Gasteiger partial charge >= 0.3 is 0 Å². The Bertz CT molecular complexity index is 235. The van der Waals surface area contributed by atoms with Crippen LogP contribution < -0.4 is 5.73 Å². The van der Waals surface area contributed by atoms with Gasteiger partial charge in [-0.3, -0.25) is 4.99 Å². The number of guanidine groups is 1. The van der Waals surface area contributed by atoms with Gasteiger partial charge in [0.1, 0.15) is 0 Å². The van der Waals surface area contributed by atoms with Crippen molar-refractivity contribution < 1.29 is 0 Å². The average Bonchev–Trinajstić information content (AvgIpc) is 2.46. The summed E-state index contributed by atoms with van der Waals surface area (Å²) in [6, 6.07) is 0.865. The fourth-order valence-corrected chi connectivity index (χ4v) is 2.16. The lowest BCUT2D eigenvalue weighted by atomic mass is 10.1. The molecule has 0 aromatic heterocycles. The lowest BCUT2D eigenvalue weighted by molar-refractivity contribution is 0.262. The second-order valence-corrected chi connectivity index (χ2v) is 4.99. The first-order chi connectivity index (χ1) is 6.91. The summed E-state index contributed by atoms with van der Waals surface area (Å²) in [5, 5.41) is 0. The predicted octanol–water partition coefficient (Wildman–Crippen LogP) is 0.591. The van der Waals surface area contributed by atoms with Gasteiger partial charge in [-0.2, -0.15) is 0 Å². The molecule has 1 fully saturated rings. The molecule has 0 radical (unpaired) electrons. The van der Waals surface area contributed by atoms with E-state index in [2.05, 4.69) is 49.7 Å². The highest BCUT2D eigenvalue weighted by molar-refractivity contribution is 5.78. The fourth-order valence-electron chi connectivity index (χ4n) is 2.16. The molecule has 0 aliphatic carbocycles. The Morgan fingerprint density at radius 2 is 2.00 bits per heavy atom. The zero-order valence-corrected chi connectivity index (χ0v) is 10.6. The molecule has 4 heteroatoms. The van der Waals surface area contributed by atoms with Crippen molar-refractivity contribution in [1.82, 2.24) is 9.80 Å². The topological polar surface area (TPSA) is 44.9 Å². The van der Waals surface area contributed by atoms with Crippen molar-refractivity contribution in [2.45, 2.75) is 32.9 Å². The standard InChI is InChI=1S/C11H24N4/c1-8(2)13-11(12)15-6-9(3)10(7-15)14(4)5/h8-10H,6-7H2,1-5H3,(H2,12,13). The van der Waals surface area contributed by atoms with Crippen LogP contribution in [0.5, 0.6) is 0 Å². The van der Waals surface area contributed by atoms with E-state index >= 15 is 0 Å². The van der Waals surface area contributed by atoms with E-state index in [1.807, 2.05) is 0 Å². The molecule has 0 bridgehead atoms. The summed E-state index contributed by atoms with van der Waals surface area (Å²) in [5.74, 6) is 1.35. The molecule has 0 aromatic carbocycles. The van der Waals surface area contributed by atoms with Crippen LogP contribution in [0.4, 0.5) is 0 Å². The van der Waals surface area contributed by atoms with Crippen molar-refractivity contribution in [2.24, 2.45) is 16.6 Å². The van der Waals surface area contributed by atoms with E-state index in [4.69, 9.17) is 5.73 Å². The largest absolute Gasteiger partial charge is 0.370 e. The molecule has 2 atom stereocenters. The maximum absolute atomic E-state index is 5.96. The molecule has 0 saturated carbocycles. The zero-order chi connectivity index (χ0) is 11.6. The Morgan fingerprint density at radius 1 is 1.40 bits per heavy atom. The number of hydrogen-bond donors (Lipinski definition) is 1. The fraction of sp³-hybridized carbons (Fsp3) is 0.909. The highest BCUT2D eigenvalue weighted by Crippen LogP contribution is 2.19. The lowest BCUT2D eigenvalue weighted by Crippen LogP contribution is -2.39. The summed E-state index contributed by atoms with van der Waals surface area (Å²) in [6.07, 6.45) is 0. The minimum atomic E-state index is 0.277. The van der Waals surface area contributed by atoms with Gasteiger partial charge in [-0.25, -0.2) is 0 Å². The van der Waals surface area contributed by atoms with E-state index in [0.717, 1.165) is 13.1 Å². The van der Waals surface area contributed by atoms with E-state index in [-0.39, 0.29) is 6.04 Å². The number of hydrogen-bond acceptors (Lipinski definition) is 2. The van der Waals surface area contributed by atoms with Crippen molar-refractivity contribution in [2.75, 3.05) is 27.2 Å². The molecule has 0 amide bonds. The molecule has 1 aliphatic rings. The molecule has 2 N–H and O–H groups in total. The Kier molecular flexibility index (Phi) is 3.97. The molecule has 1 heterocycles. The van der Waals surface area contributed by atoms with E-state index < -0.39 is 0 Å². The number of likely N-dealkylation sites (N-methyl/N-ethyl adjacent to an activating group) is 1. The summed E-state index contributed by atoms with van der Waals surface area (Å²) in [7, 11) is 4.25. The Morgan fingerprint density at radius 3 is 2.40 bits per heavy atom. The molecular formula is C11H24N4. The predicted molar refractivity (Wildman–Crippen MR) is 65.0 cm³/mol. The highest BCUT2D eigenvalue weighted by Gasteiger charge is 2.31. The number of nitrogens with two attached hydrogens (primary N) is 1. The monoisotopic (exact) mass is 212 g/mol. The maximum atomic E-state index is 5.96. The number of nitrogens with zero attached hydrogens (tertiary/aromatic N) is 3. The second-order valence-electron chi connectivity index (χ2n) is 4.99. The minimum absolute atomic E-state index is 0.277. The third-order valence-corrected chi connectivity index (χ3v) is 2.95. The SMILES string of the molecule is CC(C)N=C(N)N1CC(C)C(N(C)C)C1. The van der Waals surface area contributed by atoms with Crippen molar-refractivity contribution in [1.29, 1.82) is 0 Å². The molecule has 0 spiro atoms. The molecule has 1 aliphatic heterocycles. The summed E-state index contributed by atoms with van der Waals surface area (Å²) in [6.45, 7) is 8.39. The Balaban J connectivity index is 2.62. The van der Waals surface area contributed by atoms with Crippen LogP contribution in [0.3, 0.4) is 0 Å². The highest BCUT2D eigenvalue weighted by atomic mass is 15.3.